The lowest BCUT2D eigenvalue weighted by atomic mass is 10.1. The van der Waals surface area contributed by atoms with Gasteiger partial charge >= 0.3 is 0 Å². The van der Waals surface area contributed by atoms with Gasteiger partial charge < -0.3 is 4.79 Å². The van der Waals surface area contributed by atoms with E-state index in [0.717, 1.165) is 5.56 Å². The van der Waals surface area contributed by atoms with E-state index in [4.69, 9.17) is 23.2 Å². The number of aldehydes is 1. The molecule has 1 nitrogen and oxygen atoms in total. The van der Waals surface area contributed by atoms with Crippen LogP contribution in [0.15, 0.2) is 30.3 Å². The van der Waals surface area contributed by atoms with Gasteiger partial charge in [-0.1, -0.05) is 30.3 Å². The molecule has 0 aliphatic heterocycles. The van der Waals surface area contributed by atoms with Crippen LogP contribution in [0.1, 0.15) is 10.9 Å². The third-order valence-electron chi connectivity index (χ3n) is 1.53. The summed E-state index contributed by atoms with van der Waals surface area (Å²) in [5, 5.41) is -1.10. The van der Waals surface area contributed by atoms with Crippen LogP contribution in [-0.4, -0.2) is 11.7 Å². The fraction of sp³-hybridized carbons (Fsp3) is 0.222. The van der Waals surface area contributed by atoms with Gasteiger partial charge in [0.25, 0.3) is 0 Å². The molecule has 0 saturated heterocycles. The Kier molecular flexibility index (Phi) is 3.57. The average molecular weight is 203 g/mol. The Morgan fingerprint density at radius 3 is 2.25 bits per heavy atom. The maximum atomic E-state index is 10.3. The van der Waals surface area contributed by atoms with E-state index in [1.54, 1.807) is 0 Å². The third kappa shape index (κ3) is 2.23. The summed E-state index contributed by atoms with van der Waals surface area (Å²) in [7, 11) is 0. The highest BCUT2D eigenvalue weighted by atomic mass is 35.5. The molecule has 0 fully saturated rings. The molecule has 1 aromatic rings. The van der Waals surface area contributed by atoms with Gasteiger partial charge in [-0.25, -0.2) is 0 Å². The van der Waals surface area contributed by atoms with Crippen molar-refractivity contribution in [2.45, 2.75) is 10.8 Å². The molecular formula is C9H8Cl2O. The predicted molar refractivity (Wildman–Crippen MR) is 50.7 cm³/mol. The summed E-state index contributed by atoms with van der Waals surface area (Å²) >= 11 is 11.5. The lowest BCUT2D eigenvalue weighted by molar-refractivity contribution is -0.107. The number of hydrogen-bond donors (Lipinski definition) is 0. The number of rotatable bonds is 3. The smallest absolute Gasteiger partial charge is 0.139 e. The Balaban J connectivity index is 2.78. The second-order valence-corrected chi connectivity index (χ2v) is 3.37. The van der Waals surface area contributed by atoms with Crippen LogP contribution >= 0.6 is 23.2 Å². The van der Waals surface area contributed by atoms with E-state index in [-0.39, 0.29) is 0 Å². The monoisotopic (exact) mass is 202 g/mol. The van der Waals surface area contributed by atoms with E-state index in [1.807, 2.05) is 30.3 Å². The number of carbonyl (C=O) groups excluding carboxylic acids is 1. The topological polar surface area (TPSA) is 17.1 Å². The number of benzene rings is 1. The summed E-state index contributed by atoms with van der Waals surface area (Å²) in [6, 6.07) is 9.29. The van der Waals surface area contributed by atoms with Crippen LogP contribution in [0.25, 0.3) is 0 Å². The van der Waals surface area contributed by atoms with E-state index >= 15 is 0 Å². The van der Waals surface area contributed by atoms with Crippen LogP contribution in [0.5, 0.6) is 0 Å². The maximum Gasteiger partial charge on any atom is 0.139 e. The molecule has 0 amide bonds. The minimum atomic E-state index is -0.658. The van der Waals surface area contributed by atoms with E-state index < -0.39 is 10.8 Å². The second kappa shape index (κ2) is 4.48. The van der Waals surface area contributed by atoms with Crippen LogP contribution in [0.2, 0.25) is 0 Å². The van der Waals surface area contributed by atoms with Crippen molar-refractivity contribution in [1.29, 1.82) is 0 Å². The van der Waals surface area contributed by atoms with Crippen LogP contribution in [0.3, 0.4) is 0 Å². The normalized spacial score (nSPS) is 15.2. The van der Waals surface area contributed by atoms with Crippen molar-refractivity contribution in [3.63, 3.8) is 0 Å². The molecule has 12 heavy (non-hydrogen) atoms. The van der Waals surface area contributed by atoms with E-state index in [2.05, 4.69) is 0 Å². The fourth-order valence-corrected chi connectivity index (χ4v) is 1.24. The van der Waals surface area contributed by atoms with Gasteiger partial charge in [0.1, 0.15) is 11.7 Å². The summed E-state index contributed by atoms with van der Waals surface area (Å²) in [4.78, 5) is 10.3. The molecule has 0 radical (unpaired) electrons. The van der Waals surface area contributed by atoms with E-state index in [9.17, 15) is 4.79 Å². The third-order valence-corrected chi connectivity index (χ3v) is 2.53. The molecule has 0 N–H and O–H groups in total. The minimum absolute atomic E-state index is 0.439. The summed E-state index contributed by atoms with van der Waals surface area (Å²) < 4.78 is 0. The molecule has 2 atom stereocenters. The molecule has 3 heteroatoms. The zero-order valence-electron chi connectivity index (χ0n) is 6.28. The fourth-order valence-electron chi connectivity index (χ4n) is 0.890. The predicted octanol–water partition coefficient (Wildman–Crippen LogP) is 2.77. The van der Waals surface area contributed by atoms with Gasteiger partial charge in [-0.15, -0.1) is 23.2 Å². The lowest BCUT2D eigenvalue weighted by Gasteiger charge is -2.09. The van der Waals surface area contributed by atoms with Gasteiger partial charge in [0.2, 0.25) is 0 Å². The number of hydrogen-bond acceptors (Lipinski definition) is 1. The van der Waals surface area contributed by atoms with Crippen LogP contribution in [0, 0.1) is 0 Å². The molecule has 0 heterocycles. The Morgan fingerprint density at radius 2 is 1.75 bits per heavy atom. The molecule has 64 valence electrons. The van der Waals surface area contributed by atoms with Crippen LogP contribution < -0.4 is 0 Å². The van der Waals surface area contributed by atoms with Gasteiger partial charge in [0, 0.05) is 0 Å². The first-order valence-corrected chi connectivity index (χ1v) is 4.41. The Bertz CT molecular complexity index is 248. The summed E-state index contributed by atoms with van der Waals surface area (Å²) in [6.45, 7) is 0. The SMILES string of the molecule is O=CC(Cl)C(Cl)c1ccccc1. The molecule has 0 bridgehead atoms. The zero-order chi connectivity index (χ0) is 8.97. The molecule has 0 saturated carbocycles. The number of carbonyl (C=O) groups is 1. The van der Waals surface area contributed by atoms with Gasteiger partial charge in [-0.3, -0.25) is 0 Å². The van der Waals surface area contributed by atoms with E-state index in [1.165, 1.54) is 0 Å². The van der Waals surface area contributed by atoms with Crippen molar-refractivity contribution in [1.82, 2.24) is 0 Å². The highest BCUT2D eigenvalue weighted by molar-refractivity contribution is 6.35. The second-order valence-electron chi connectivity index (χ2n) is 2.39. The molecule has 1 rings (SSSR count). The standard InChI is InChI=1S/C9H8Cl2O/c10-8(6-12)9(11)7-4-2-1-3-5-7/h1-6,8-9H. The summed E-state index contributed by atoms with van der Waals surface area (Å²) in [5.41, 5.74) is 0.867. The molecular weight excluding hydrogens is 195 g/mol. The first-order chi connectivity index (χ1) is 5.75. The van der Waals surface area contributed by atoms with Crippen molar-refractivity contribution >= 4 is 29.5 Å². The maximum absolute atomic E-state index is 10.3. The Hall–Kier alpha value is -0.530. The number of alkyl halides is 2. The largest absolute Gasteiger partial charge is 0.302 e. The first kappa shape index (κ1) is 9.56. The summed E-state index contributed by atoms with van der Waals surface area (Å²) in [5.74, 6) is 0. The van der Waals surface area contributed by atoms with Crippen molar-refractivity contribution in [2.75, 3.05) is 0 Å². The molecule has 2 unspecified atom stereocenters. The molecule has 0 aliphatic rings. The lowest BCUT2D eigenvalue weighted by Crippen LogP contribution is -2.08. The van der Waals surface area contributed by atoms with Gasteiger partial charge in [0.05, 0.1) is 5.38 Å². The van der Waals surface area contributed by atoms with Crippen molar-refractivity contribution in [3.05, 3.63) is 35.9 Å². The Morgan fingerprint density at radius 1 is 1.17 bits per heavy atom. The Labute approximate surface area is 81.3 Å². The zero-order valence-corrected chi connectivity index (χ0v) is 7.79. The highest BCUT2D eigenvalue weighted by Gasteiger charge is 2.16. The molecule has 0 aromatic heterocycles. The van der Waals surface area contributed by atoms with E-state index in [0.29, 0.717) is 6.29 Å². The molecule has 1 aromatic carbocycles. The molecule has 0 spiro atoms. The van der Waals surface area contributed by atoms with Crippen molar-refractivity contribution in [3.8, 4) is 0 Å². The van der Waals surface area contributed by atoms with Crippen LogP contribution in [-0.2, 0) is 4.79 Å². The van der Waals surface area contributed by atoms with Gasteiger partial charge in [0.15, 0.2) is 0 Å². The van der Waals surface area contributed by atoms with Gasteiger partial charge in [-0.2, -0.15) is 0 Å². The van der Waals surface area contributed by atoms with Crippen molar-refractivity contribution in [2.24, 2.45) is 0 Å². The minimum Gasteiger partial charge on any atom is -0.302 e. The average Bonchev–Trinajstić information content (AvgIpc) is 2.17. The summed E-state index contributed by atoms with van der Waals surface area (Å²) in [6.07, 6.45) is 0.645. The number of halogens is 2. The van der Waals surface area contributed by atoms with Crippen molar-refractivity contribution < 1.29 is 4.79 Å². The highest BCUT2D eigenvalue weighted by Crippen LogP contribution is 2.26. The molecule has 0 aliphatic carbocycles. The van der Waals surface area contributed by atoms with Crippen LogP contribution in [0.4, 0.5) is 0 Å². The van der Waals surface area contributed by atoms with Gasteiger partial charge in [-0.05, 0) is 5.56 Å². The quantitative estimate of drug-likeness (QED) is 0.545. The first-order valence-electron chi connectivity index (χ1n) is 3.54.